The zero-order valence-corrected chi connectivity index (χ0v) is 11.8. The number of aryl methyl sites for hydroxylation is 1. The molecule has 1 N–H and O–H groups in total. The van der Waals surface area contributed by atoms with Crippen molar-refractivity contribution >= 4 is 17.5 Å². The molecule has 0 unspecified atom stereocenters. The summed E-state index contributed by atoms with van der Waals surface area (Å²) >= 11 is 5.76. The van der Waals surface area contributed by atoms with Crippen molar-refractivity contribution < 1.29 is 9.53 Å². The van der Waals surface area contributed by atoms with Gasteiger partial charge in [-0.05, 0) is 42.8 Å². The lowest BCUT2D eigenvalue weighted by atomic mass is 10.3. The predicted octanol–water partition coefficient (Wildman–Crippen LogP) is 2.73. The first-order valence-corrected chi connectivity index (χ1v) is 6.87. The van der Waals surface area contributed by atoms with Crippen LogP contribution in [0.1, 0.15) is 6.42 Å². The molecule has 2 aromatic rings. The van der Waals surface area contributed by atoms with Crippen LogP contribution in [0, 0.1) is 0 Å². The second-order valence-electron chi connectivity index (χ2n) is 4.37. The van der Waals surface area contributed by atoms with Crippen LogP contribution in [0.5, 0.6) is 5.75 Å². The Morgan fingerprint density at radius 2 is 1.90 bits per heavy atom. The molecule has 0 radical (unpaired) electrons. The number of ether oxygens (including phenoxy) is 1. The average Bonchev–Trinajstić information content (AvgIpc) is 2.96. The number of nitrogens with one attached hydrogen (secondary N) is 1. The highest BCUT2D eigenvalue weighted by molar-refractivity contribution is 6.30. The molecule has 0 bridgehead atoms. The Labute approximate surface area is 123 Å². The van der Waals surface area contributed by atoms with E-state index in [0.717, 1.165) is 13.0 Å². The second kappa shape index (κ2) is 7.60. The maximum atomic E-state index is 11.6. The van der Waals surface area contributed by atoms with Crippen LogP contribution in [0.4, 0.5) is 0 Å². The molecule has 5 heteroatoms. The number of halogens is 1. The van der Waals surface area contributed by atoms with Crippen LogP contribution in [0.2, 0.25) is 5.02 Å². The summed E-state index contributed by atoms with van der Waals surface area (Å²) in [6, 6.07) is 10.9. The van der Waals surface area contributed by atoms with Crippen LogP contribution in [-0.2, 0) is 11.3 Å². The Morgan fingerprint density at radius 3 is 2.60 bits per heavy atom. The van der Waals surface area contributed by atoms with E-state index >= 15 is 0 Å². The molecule has 0 spiro atoms. The molecular formula is C15H17ClN2O2. The maximum Gasteiger partial charge on any atom is 0.257 e. The van der Waals surface area contributed by atoms with Crippen molar-refractivity contribution in [2.45, 2.75) is 13.0 Å². The second-order valence-corrected chi connectivity index (χ2v) is 4.80. The van der Waals surface area contributed by atoms with Gasteiger partial charge in [-0.3, -0.25) is 4.79 Å². The van der Waals surface area contributed by atoms with Crippen LogP contribution in [0.15, 0.2) is 48.8 Å². The van der Waals surface area contributed by atoms with Gasteiger partial charge in [0.05, 0.1) is 0 Å². The van der Waals surface area contributed by atoms with E-state index in [1.165, 1.54) is 0 Å². The summed E-state index contributed by atoms with van der Waals surface area (Å²) in [5.74, 6) is 0.518. The standard InChI is InChI=1S/C15H17ClN2O2/c16-13-4-6-14(7-5-13)20-12-15(19)17-8-3-11-18-9-1-2-10-18/h1-2,4-7,9-10H,3,8,11-12H2,(H,17,19). The summed E-state index contributed by atoms with van der Waals surface area (Å²) in [7, 11) is 0. The molecule has 2 rings (SSSR count). The summed E-state index contributed by atoms with van der Waals surface area (Å²) in [6.45, 7) is 1.55. The van der Waals surface area contributed by atoms with E-state index in [2.05, 4.69) is 9.88 Å². The van der Waals surface area contributed by atoms with Crippen LogP contribution in [-0.4, -0.2) is 23.6 Å². The van der Waals surface area contributed by atoms with Gasteiger partial charge >= 0.3 is 0 Å². The molecule has 20 heavy (non-hydrogen) atoms. The molecule has 1 amide bonds. The first-order valence-electron chi connectivity index (χ1n) is 6.50. The quantitative estimate of drug-likeness (QED) is 0.798. The largest absolute Gasteiger partial charge is 0.484 e. The average molecular weight is 293 g/mol. The number of hydrogen-bond donors (Lipinski definition) is 1. The zero-order chi connectivity index (χ0) is 14.2. The molecule has 0 saturated carbocycles. The first kappa shape index (κ1) is 14.5. The van der Waals surface area contributed by atoms with E-state index in [1.54, 1.807) is 24.3 Å². The fraction of sp³-hybridized carbons (Fsp3) is 0.267. The van der Waals surface area contributed by atoms with Crippen LogP contribution in [0.25, 0.3) is 0 Å². The van der Waals surface area contributed by atoms with Crippen molar-refractivity contribution in [3.8, 4) is 5.75 Å². The molecule has 106 valence electrons. The van der Waals surface area contributed by atoms with Crippen LogP contribution >= 0.6 is 11.6 Å². The third-order valence-corrected chi connectivity index (χ3v) is 3.02. The monoisotopic (exact) mass is 292 g/mol. The molecule has 0 atom stereocenters. The lowest BCUT2D eigenvalue weighted by molar-refractivity contribution is -0.123. The number of amides is 1. The Kier molecular flexibility index (Phi) is 5.50. The predicted molar refractivity (Wildman–Crippen MR) is 79.0 cm³/mol. The summed E-state index contributed by atoms with van der Waals surface area (Å²) in [6.07, 6.45) is 4.90. The Hall–Kier alpha value is -1.94. The lowest BCUT2D eigenvalue weighted by Gasteiger charge is -2.08. The number of benzene rings is 1. The third kappa shape index (κ3) is 4.97. The normalized spacial score (nSPS) is 10.2. The van der Waals surface area contributed by atoms with Crippen molar-refractivity contribution in [2.24, 2.45) is 0 Å². The van der Waals surface area contributed by atoms with E-state index in [9.17, 15) is 4.79 Å². The maximum absolute atomic E-state index is 11.6. The van der Waals surface area contributed by atoms with Gasteiger partial charge in [0.2, 0.25) is 0 Å². The molecule has 0 aliphatic heterocycles. The van der Waals surface area contributed by atoms with Crippen LogP contribution in [0.3, 0.4) is 0 Å². The molecule has 0 fully saturated rings. The van der Waals surface area contributed by atoms with Gasteiger partial charge in [0.1, 0.15) is 5.75 Å². The minimum atomic E-state index is -0.118. The van der Waals surface area contributed by atoms with Gasteiger partial charge in [0, 0.05) is 30.5 Å². The lowest BCUT2D eigenvalue weighted by Crippen LogP contribution is -2.30. The molecule has 0 aliphatic carbocycles. The summed E-state index contributed by atoms with van der Waals surface area (Å²) in [5.41, 5.74) is 0. The van der Waals surface area contributed by atoms with Crippen molar-refractivity contribution in [1.29, 1.82) is 0 Å². The molecule has 4 nitrogen and oxygen atoms in total. The van der Waals surface area contributed by atoms with Gasteiger partial charge in [-0.1, -0.05) is 11.6 Å². The number of nitrogens with zero attached hydrogens (tertiary/aromatic N) is 1. The van der Waals surface area contributed by atoms with Crippen molar-refractivity contribution in [2.75, 3.05) is 13.2 Å². The molecule has 0 saturated heterocycles. The Bertz CT molecular complexity index is 523. The number of rotatable bonds is 7. The molecular weight excluding hydrogens is 276 g/mol. The van der Waals surface area contributed by atoms with Crippen molar-refractivity contribution in [3.05, 3.63) is 53.8 Å². The highest BCUT2D eigenvalue weighted by atomic mass is 35.5. The first-order chi connectivity index (χ1) is 9.74. The molecule has 0 aliphatic rings. The Morgan fingerprint density at radius 1 is 1.20 bits per heavy atom. The highest BCUT2D eigenvalue weighted by Gasteiger charge is 2.02. The molecule has 1 heterocycles. The van der Waals surface area contributed by atoms with Crippen molar-refractivity contribution in [1.82, 2.24) is 9.88 Å². The number of aromatic nitrogens is 1. The minimum Gasteiger partial charge on any atom is -0.484 e. The SMILES string of the molecule is O=C(COc1ccc(Cl)cc1)NCCCn1cccc1. The van der Waals surface area contributed by atoms with Gasteiger partial charge in [-0.25, -0.2) is 0 Å². The minimum absolute atomic E-state index is 0.0190. The molecule has 1 aromatic heterocycles. The van der Waals surface area contributed by atoms with Gasteiger partial charge in [0.15, 0.2) is 6.61 Å². The summed E-state index contributed by atoms with van der Waals surface area (Å²) < 4.78 is 7.43. The number of hydrogen-bond acceptors (Lipinski definition) is 2. The van der Waals surface area contributed by atoms with Crippen LogP contribution < -0.4 is 10.1 Å². The van der Waals surface area contributed by atoms with E-state index < -0.39 is 0 Å². The van der Waals surface area contributed by atoms with Gasteiger partial charge < -0.3 is 14.6 Å². The van der Waals surface area contributed by atoms with E-state index in [0.29, 0.717) is 17.3 Å². The fourth-order valence-electron chi connectivity index (χ4n) is 1.74. The van der Waals surface area contributed by atoms with Crippen molar-refractivity contribution in [3.63, 3.8) is 0 Å². The van der Waals surface area contributed by atoms with Gasteiger partial charge in [-0.2, -0.15) is 0 Å². The Balaban J connectivity index is 1.59. The van der Waals surface area contributed by atoms with E-state index in [4.69, 9.17) is 16.3 Å². The van der Waals surface area contributed by atoms with E-state index in [-0.39, 0.29) is 12.5 Å². The summed E-state index contributed by atoms with van der Waals surface area (Å²) in [5, 5.41) is 3.47. The van der Waals surface area contributed by atoms with Gasteiger partial charge in [0.25, 0.3) is 5.91 Å². The molecule has 1 aromatic carbocycles. The fourth-order valence-corrected chi connectivity index (χ4v) is 1.87. The number of carbonyl (C=O) groups excluding carboxylic acids is 1. The van der Waals surface area contributed by atoms with Gasteiger partial charge in [-0.15, -0.1) is 0 Å². The number of carbonyl (C=O) groups is 1. The highest BCUT2D eigenvalue weighted by Crippen LogP contribution is 2.15. The summed E-state index contributed by atoms with van der Waals surface area (Å²) in [4.78, 5) is 11.6. The smallest absolute Gasteiger partial charge is 0.257 e. The zero-order valence-electron chi connectivity index (χ0n) is 11.1. The topological polar surface area (TPSA) is 43.3 Å². The van der Waals surface area contributed by atoms with E-state index in [1.807, 2.05) is 24.5 Å². The third-order valence-electron chi connectivity index (χ3n) is 2.77.